The minimum atomic E-state index is 0.0357. The van der Waals surface area contributed by atoms with Crippen LogP contribution in [-0.2, 0) is 0 Å². The van der Waals surface area contributed by atoms with E-state index < -0.39 is 0 Å². The standard InChI is InChI=1S/C10H23NO2/c1-10(2,6-9-13)11-7-4-3-5-8-12/h11-13H,3-9H2,1-2H3. The van der Waals surface area contributed by atoms with Gasteiger partial charge in [0.15, 0.2) is 0 Å². The maximum Gasteiger partial charge on any atom is 0.0448 e. The van der Waals surface area contributed by atoms with Crippen molar-refractivity contribution in [3.8, 4) is 0 Å². The van der Waals surface area contributed by atoms with E-state index in [0.29, 0.717) is 6.61 Å². The Morgan fingerprint density at radius 3 is 2.23 bits per heavy atom. The SMILES string of the molecule is CC(C)(CCO)NCCCCCO. The number of hydrogen-bond acceptors (Lipinski definition) is 3. The fourth-order valence-electron chi connectivity index (χ4n) is 1.21. The molecule has 0 rings (SSSR count). The van der Waals surface area contributed by atoms with Crippen molar-refractivity contribution >= 4 is 0 Å². The second-order valence-corrected chi connectivity index (χ2v) is 4.07. The van der Waals surface area contributed by atoms with Crippen molar-refractivity contribution < 1.29 is 10.2 Å². The van der Waals surface area contributed by atoms with Gasteiger partial charge in [0.1, 0.15) is 0 Å². The highest BCUT2D eigenvalue weighted by atomic mass is 16.3. The van der Waals surface area contributed by atoms with Gasteiger partial charge in [-0.2, -0.15) is 0 Å². The molecule has 0 spiro atoms. The first-order chi connectivity index (χ1) is 6.12. The Morgan fingerprint density at radius 1 is 1.00 bits per heavy atom. The largest absolute Gasteiger partial charge is 0.396 e. The van der Waals surface area contributed by atoms with Gasteiger partial charge >= 0.3 is 0 Å². The Morgan fingerprint density at radius 2 is 1.69 bits per heavy atom. The Labute approximate surface area is 81.2 Å². The van der Waals surface area contributed by atoms with Crippen LogP contribution < -0.4 is 5.32 Å². The van der Waals surface area contributed by atoms with E-state index in [2.05, 4.69) is 19.2 Å². The van der Waals surface area contributed by atoms with E-state index in [1.807, 2.05) is 0 Å². The molecular formula is C10H23NO2. The lowest BCUT2D eigenvalue weighted by molar-refractivity contribution is 0.229. The number of rotatable bonds is 8. The van der Waals surface area contributed by atoms with E-state index in [-0.39, 0.29) is 12.1 Å². The van der Waals surface area contributed by atoms with Crippen LogP contribution in [0.4, 0.5) is 0 Å². The highest BCUT2D eigenvalue weighted by molar-refractivity contribution is 4.76. The van der Waals surface area contributed by atoms with Gasteiger partial charge in [0.05, 0.1) is 0 Å². The van der Waals surface area contributed by atoms with Gasteiger partial charge in [-0.25, -0.2) is 0 Å². The monoisotopic (exact) mass is 189 g/mol. The zero-order chi connectivity index (χ0) is 10.2. The third-order valence-corrected chi connectivity index (χ3v) is 2.18. The number of aliphatic hydroxyl groups excluding tert-OH is 2. The van der Waals surface area contributed by atoms with Crippen molar-refractivity contribution in [1.29, 1.82) is 0 Å². The van der Waals surface area contributed by atoms with Crippen LogP contribution in [0.1, 0.15) is 39.5 Å². The smallest absolute Gasteiger partial charge is 0.0448 e. The van der Waals surface area contributed by atoms with E-state index in [9.17, 15) is 0 Å². The van der Waals surface area contributed by atoms with Gasteiger partial charge in [-0.15, -0.1) is 0 Å². The summed E-state index contributed by atoms with van der Waals surface area (Å²) in [6.45, 7) is 5.67. The van der Waals surface area contributed by atoms with Gasteiger partial charge in [0.2, 0.25) is 0 Å². The molecule has 0 aromatic carbocycles. The molecule has 0 heterocycles. The second kappa shape index (κ2) is 7.30. The van der Waals surface area contributed by atoms with Crippen molar-refractivity contribution in [2.24, 2.45) is 0 Å². The quantitative estimate of drug-likeness (QED) is 0.497. The molecule has 3 nitrogen and oxygen atoms in total. The molecule has 3 heteroatoms. The minimum absolute atomic E-state index is 0.0357. The summed E-state index contributed by atoms with van der Waals surface area (Å²) in [5, 5.41) is 20.7. The first-order valence-electron chi connectivity index (χ1n) is 5.09. The van der Waals surface area contributed by atoms with Crippen molar-refractivity contribution in [1.82, 2.24) is 5.32 Å². The molecule has 0 unspecified atom stereocenters. The van der Waals surface area contributed by atoms with Crippen molar-refractivity contribution in [3.05, 3.63) is 0 Å². The average molecular weight is 189 g/mol. The Kier molecular flexibility index (Phi) is 7.23. The molecule has 0 fully saturated rings. The van der Waals surface area contributed by atoms with E-state index in [1.165, 1.54) is 0 Å². The van der Waals surface area contributed by atoms with Crippen LogP contribution in [0.3, 0.4) is 0 Å². The highest BCUT2D eigenvalue weighted by Crippen LogP contribution is 2.07. The molecule has 0 amide bonds. The van der Waals surface area contributed by atoms with Crippen molar-refractivity contribution in [2.75, 3.05) is 19.8 Å². The Balaban J connectivity index is 3.29. The first kappa shape index (κ1) is 12.9. The summed E-state index contributed by atoms with van der Waals surface area (Å²) in [7, 11) is 0. The maximum absolute atomic E-state index is 8.77. The van der Waals surface area contributed by atoms with Crippen LogP contribution >= 0.6 is 0 Å². The fraction of sp³-hybridized carbons (Fsp3) is 1.00. The van der Waals surface area contributed by atoms with Crippen LogP contribution in [0.25, 0.3) is 0 Å². The molecule has 0 atom stereocenters. The molecule has 0 bridgehead atoms. The van der Waals surface area contributed by atoms with Gasteiger partial charge in [-0.05, 0) is 46.1 Å². The lowest BCUT2D eigenvalue weighted by Crippen LogP contribution is -2.40. The molecular weight excluding hydrogens is 166 g/mol. The Bertz CT molecular complexity index is 115. The molecule has 0 aliphatic carbocycles. The van der Waals surface area contributed by atoms with Crippen LogP contribution in [0.15, 0.2) is 0 Å². The van der Waals surface area contributed by atoms with Gasteiger partial charge in [-0.3, -0.25) is 0 Å². The molecule has 0 saturated heterocycles. The third-order valence-electron chi connectivity index (χ3n) is 2.18. The highest BCUT2D eigenvalue weighted by Gasteiger charge is 2.14. The second-order valence-electron chi connectivity index (χ2n) is 4.07. The summed E-state index contributed by atoms with van der Waals surface area (Å²) in [6, 6.07) is 0. The van der Waals surface area contributed by atoms with Crippen LogP contribution in [0, 0.1) is 0 Å². The third kappa shape index (κ3) is 8.22. The lowest BCUT2D eigenvalue weighted by Gasteiger charge is -2.25. The molecule has 3 N–H and O–H groups in total. The molecule has 0 aliphatic heterocycles. The number of aliphatic hydroxyl groups is 2. The van der Waals surface area contributed by atoms with Gasteiger partial charge < -0.3 is 15.5 Å². The predicted octanol–water partition coefficient (Wildman–Crippen LogP) is 0.900. The van der Waals surface area contributed by atoms with Gasteiger partial charge in [0, 0.05) is 18.8 Å². The number of nitrogens with one attached hydrogen (secondary N) is 1. The summed E-state index contributed by atoms with van der Waals surface area (Å²) in [5.74, 6) is 0. The topological polar surface area (TPSA) is 52.5 Å². The Hall–Kier alpha value is -0.120. The number of unbranched alkanes of at least 4 members (excludes halogenated alkanes) is 2. The minimum Gasteiger partial charge on any atom is -0.396 e. The van der Waals surface area contributed by atoms with Crippen LogP contribution in [0.5, 0.6) is 0 Å². The fourth-order valence-corrected chi connectivity index (χ4v) is 1.21. The summed E-state index contributed by atoms with van der Waals surface area (Å²) in [4.78, 5) is 0. The summed E-state index contributed by atoms with van der Waals surface area (Å²) < 4.78 is 0. The van der Waals surface area contributed by atoms with Crippen LogP contribution in [0.2, 0.25) is 0 Å². The molecule has 0 aromatic rings. The molecule has 0 radical (unpaired) electrons. The van der Waals surface area contributed by atoms with Crippen LogP contribution in [-0.4, -0.2) is 35.5 Å². The normalized spacial score (nSPS) is 12.0. The summed E-state index contributed by atoms with van der Waals surface area (Å²) in [6.07, 6.45) is 3.84. The maximum atomic E-state index is 8.77. The predicted molar refractivity (Wildman–Crippen MR) is 54.7 cm³/mol. The van der Waals surface area contributed by atoms with Crippen molar-refractivity contribution in [3.63, 3.8) is 0 Å². The zero-order valence-electron chi connectivity index (χ0n) is 8.84. The van der Waals surface area contributed by atoms with E-state index in [4.69, 9.17) is 10.2 Å². The first-order valence-corrected chi connectivity index (χ1v) is 5.09. The summed E-state index contributed by atoms with van der Waals surface area (Å²) in [5.41, 5.74) is 0.0357. The van der Waals surface area contributed by atoms with E-state index >= 15 is 0 Å². The van der Waals surface area contributed by atoms with E-state index in [0.717, 1.165) is 32.2 Å². The molecule has 0 aromatic heterocycles. The van der Waals surface area contributed by atoms with E-state index in [1.54, 1.807) is 0 Å². The van der Waals surface area contributed by atoms with Crippen molar-refractivity contribution in [2.45, 2.75) is 45.1 Å². The molecule has 0 aliphatic rings. The summed E-state index contributed by atoms with van der Waals surface area (Å²) >= 11 is 0. The molecule has 13 heavy (non-hydrogen) atoms. The molecule has 0 saturated carbocycles. The van der Waals surface area contributed by atoms with Gasteiger partial charge in [-0.1, -0.05) is 0 Å². The average Bonchev–Trinajstić information content (AvgIpc) is 2.04. The molecule has 80 valence electrons. The lowest BCUT2D eigenvalue weighted by atomic mass is 10.0. The zero-order valence-corrected chi connectivity index (χ0v) is 8.84. The number of hydrogen-bond donors (Lipinski definition) is 3. The van der Waals surface area contributed by atoms with Gasteiger partial charge in [0.25, 0.3) is 0 Å².